The number of aromatic amines is 1. The second-order valence-electron chi connectivity index (χ2n) is 5.39. The summed E-state index contributed by atoms with van der Waals surface area (Å²) in [5, 5.41) is 7.02. The standard InChI is InChI=1S/C12H22N4O2S/c1-10-8-13-14-12(10)7-11-5-4-6-16(9-11)19(17,18)15(2)3/h8,11H,4-7,9H2,1-3H3,(H,13,14)/t11-/m1/s1. The van der Waals surface area contributed by atoms with Crippen LogP contribution in [0.25, 0.3) is 0 Å². The van der Waals surface area contributed by atoms with Crippen molar-refractivity contribution in [2.45, 2.75) is 26.2 Å². The molecule has 0 spiro atoms. The van der Waals surface area contributed by atoms with Crippen LogP contribution in [0, 0.1) is 12.8 Å². The molecule has 0 unspecified atom stereocenters. The summed E-state index contributed by atoms with van der Waals surface area (Å²) in [6.07, 6.45) is 4.67. The van der Waals surface area contributed by atoms with Gasteiger partial charge in [-0.15, -0.1) is 0 Å². The largest absolute Gasteiger partial charge is 0.282 e. The predicted molar refractivity (Wildman–Crippen MR) is 73.9 cm³/mol. The summed E-state index contributed by atoms with van der Waals surface area (Å²) < 4.78 is 27.1. The van der Waals surface area contributed by atoms with Gasteiger partial charge in [0.15, 0.2) is 0 Å². The highest BCUT2D eigenvalue weighted by Crippen LogP contribution is 2.23. The van der Waals surface area contributed by atoms with Crippen LogP contribution < -0.4 is 0 Å². The molecule has 6 nitrogen and oxygen atoms in total. The summed E-state index contributed by atoms with van der Waals surface area (Å²) in [6, 6.07) is 0. The minimum atomic E-state index is -3.28. The molecular formula is C12H22N4O2S. The molecule has 2 heterocycles. The van der Waals surface area contributed by atoms with Crippen LogP contribution in [0.3, 0.4) is 0 Å². The molecule has 0 aromatic carbocycles. The van der Waals surface area contributed by atoms with Gasteiger partial charge in [-0.05, 0) is 37.7 Å². The Labute approximate surface area is 115 Å². The fraction of sp³-hybridized carbons (Fsp3) is 0.750. The Kier molecular flexibility index (Phi) is 4.27. The molecule has 108 valence electrons. The zero-order chi connectivity index (χ0) is 14.0. The number of piperidine rings is 1. The number of hydrogen-bond donors (Lipinski definition) is 1. The highest BCUT2D eigenvalue weighted by atomic mass is 32.2. The Hall–Kier alpha value is -0.920. The average molecular weight is 286 g/mol. The SMILES string of the molecule is Cc1cn[nH]c1C[C@H]1CCCN(S(=O)(=O)N(C)C)C1. The van der Waals surface area contributed by atoms with Crippen LogP contribution >= 0.6 is 0 Å². The Bertz CT molecular complexity index is 524. The van der Waals surface area contributed by atoms with Gasteiger partial charge >= 0.3 is 0 Å². The normalized spacial score (nSPS) is 22.0. The first-order chi connectivity index (χ1) is 8.91. The van der Waals surface area contributed by atoms with Crippen molar-refractivity contribution in [3.8, 4) is 0 Å². The maximum atomic E-state index is 12.1. The van der Waals surface area contributed by atoms with Gasteiger partial charge < -0.3 is 0 Å². The van der Waals surface area contributed by atoms with Gasteiger partial charge in [-0.25, -0.2) is 0 Å². The summed E-state index contributed by atoms with van der Waals surface area (Å²) in [4.78, 5) is 0. The van der Waals surface area contributed by atoms with Gasteiger partial charge in [-0.3, -0.25) is 5.10 Å². The number of hydrogen-bond acceptors (Lipinski definition) is 3. The van der Waals surface area contributed by atoms with Crippen LogP contribution in [0.15, 0.2) is 6.20 Å². The molecule has 0 aliphatic carbocycles. The first kappa shape index (κ1) is 14.5. The molecule has 1 fully saturated rings. The molecule has 7 heteroatoms. The van der Waals surface area contributed by atoms with Gasteiger partial charge in [0.05, 0.1) is 6.20 Å². The summed E-state index contributed by atoms with van der Waals surface area (Å²) >= 11 is 0. The molecule has 19 heavy (non-hydrogen) atoms. The second kappa shape index (κ2) is 5.60. The van der Waals surface area contributed by atoms with E-state index in [4.69, 9.17) is 0 Å². The predicted octanol–water partition coefficient (Wildman–Crippen LogP) is 0.779. The molecule has 0 amide bonds. The molecule has 1 aromatic rings. The fourth-order valence-corrected chi connectivity index (χ4v) is 3.72. The molecule has 0 radical (unpaired) electrons. The van der Waals surface area contributed by atoms with Crippen molar-refractivity contribution in [3.05, 3.63) is 17.5 Å². The Balaban J connectivity index is 2.04. The van der Waals surface area contributed by atoms with Crippen LogP contribution in [0.4, 0.5) is 0 Å². The minimum absolute atomic E-state index is 0.364. The number of aromatic nitrogens is 2. The molecule has 1 aliphatic heterocycles. The van der Waals surface area contributed by atoms with Crippen molar-refractivity contribution in [3.63, 3.8) is 0 Å². The first-order valence-electron chi connectivity index (χ1n) is 6.57. The third-order valence-electron chi connectivity index (χ3n) is 3.70. The van der Waals surface area contributed by atoms with Gasteiger partial charge in [0.25, 0.3) is 10.2 Å². The van der Waals surface area contributed by atoms with Gasteiger partial charge in [0.2, 0.25) is 0 Å². The molecule has 0 saturated carbocycles. The monoisotopic (exact) mass is 286 g/mol. The Morgan fingerprint density at radius 3 is 2.84 bits per heavy atom. The van der Waals surface area contributed by atoms with Gasteiger partial charge in [-0.2, -0.15) is 22.1 Å². The summed E-state index contributed by atoms with van der Waals surface area (Å²) in [5.74, 6) is 0.364. The van der Waals surface area contributed by atoms with E-state index >= 15 is 0 Å². The van der Waals surface area contributed by atoms with E-state index in [-0.39, 0.29) is 0 Å². The molecule has 1 saturated heterocycles. The number of nitrogens with zero attached hydrogens (tertiary/aromatic N) is 3. The number of H-pyrrole nitrogens is 1. The lowest BCUT2D eigenvalue weighted by Crippen LogP contribution is -2.45. The average Bonchev–Trinajstić information content (AvgIpc) is 2.75. The fourth-order valence-electron chi connectivity index (χ4n) is 2.50. The van der Waals surface area contributed by atoms with Crippen molar-refractivity contribution < 1.29 is 8.42 Å². The number of rotatable bonds is 4. The van der Waals surface area contributed by atoms with E-state index < -0.39 is 10.2 Å². The topological polar surface area (TPSA) is 69.3 Å². The minimum Gasteiger partial charge on any atom is -0.282 e. The van der Waals surface area contributed by atoms with E-state index in [1.54, 1.807) is 18.4 Å². The van der Waals surface area contributed by atoms with Gasteiger partial charge in [0.1, 0.15) is 0 Å². The van der Waals surface area contributed by atoms with Crippen LogP contribution in [0.2, 0.25) is 0 Å². The van der Waals surface area contributed by atoms with Crippen molar-refractivity contribution in [2.24, 2.45) is 5.92 Å². The van der Waals surface area contributed by atoms with Crippen LogP contribution in [-0.4, -0.2) is 54.4 Å². The molecule has 1 aromatic heterocycles. The third kappa shape index (κ3) is 3.16. The summed E-state index contributed by atoms with van der Waals surface area (Å²) in [7, 11) is -0.118. The first-order valence-corrected chi connectivity index (χ1v) is 7.97. The van der Waals surface area contributed by atoms with Crippen molar-refractivity contribution >= 4 is 10.2 Å². The van der Waals surface area contributed by atoms with Crippen LogP contribution in [0.1, 0.15) is 24.1 Å². The quantitative estimate of drug-likeness (QED) is 0.889. The molecule has 1 aliphatic rings. The highest BCUT2D eigenvalue weighted by Gasteiger charge is 2.30. The highest BCUT2D eigenvalue weighted by molar-refractivity contribution is 7.86. The van der Waals surface area contributed by atoms with Gasteiger partial charge in [0, 0.05) is 32.9 Å². The molecule has 1 N–H and O–H groups in total. The maximum Gasteiger partial charge on any atom is 0.281 e. The van der Waals surface area contributed by atoms with Crippen LogP contribution in [0.5, 0.6) is 0 Å². The molecule has 2 rings (SSSR count). The Morgan fingerprint density at radius 2 is 2.26 bits per heavy atom. The molecule has 1 atom stereocenters. The van der Waals surface area contributed by atoms with E-state index in [0.29, 0.717) is 19.0 Å². The van der Waals surface area contributed by atoms with Crippen molar-refractivity contribution in [2.75, 3.05) is 27.2 Å². The summed E-state index contributed by atoms with van der Waals surface area (Å²) in [5.41, 5.74) is 2.27. The molecule has 0 bridgehead atoms. The zero-order valence-electron chi connectivity index (χ0n) is 11.8. The molecular weight excluding hydrogens is 264 g/mol. The maximum absolute atomic E-state index is 12.1. The van der Waals surface area contributed by atoms with Crippen molar-refractivity contribution in [1.29, 1.82) is 0 Å². The second-order valence-corrected chi connectivity index (χ2v) is 7.53. The van der Waals surface area contributed by atoms with E-state index in [1.807, 2.05) is 13.1 Å². The smallest absolute Gasteiger partial charge is 0.281 e. The number of aryl methyl sites for hydroxylation is 1. The Morgan fingerprint density at radius 1 is 1.53 bits per heavy atom. The lowest BCUT2D eigenvalue weighted by Gasteiger charge is -2.33. The third-order valence-corrected chi connectivity index (χ3v) is 5.60. The van der Waals surface area contributed by atoms with E-state index in [1.165, 1.54) is 4.31 Å². The lowest BCUT2D eigenvalue weighted by molar-refractivity contribution is 0.253. The summed E-state index contributed by atoms with van der Waals surface area (Å²) in [6.45, 7) is 3.24. The lowest BCUT2D eigenvalue weighted by atomic mass is 9.94. The van der Waals surface area contributed by atoms with Gasteiger partial charge in [-0.1, -0.05) is 0 Å². The van der Waals surface area contributed by atoms with Crippen LogP contribution in [-0.2, 0) is 16.6 Å². The van der Waals surface area contributed by atoms with E-state index in [2.05, 4.69) is 10.2 Å². The van der Waals surface area contributed by atoms with E-state index in [0.717, 1.165) is 30.5 Å². The number of nitrogens with one attached hydrogen (secondary N) is 1. The van der Waals surface area contributed by atoms with Crippen molar-refractivity contribution in [1.82, 2.24) is 18.8 Å². The zero-order valence-corrected chi connectivity index (χ0v) is 12.6. The van der Waals surface area contributed by atoms with E-state index in [9.17, 15) is 8.42 Å².